The molecule has 0 N–H and O–H groups in total. The first-order chi connectivity index (χ1) is 17.3. The van der Waals surface area contributed by atoms with Crippen LogP contribution >= 0.6 is 0 Å². The van der Waals surface area contributed by atoms with Gasteiger partial charge in [0.25, 0.3) is 0 Å². The standard InChI is InChI=1S/C32H34BNO2/c1-30(2)31(3,4)36-33(35-30)23-10-11-26-24(16-23)25-17-29(20-8-6-5-7-9-20)34-18-28(25)32(26)22-13-19-12-21(15-22)27(32)14-19/h5-11,16-19,21-22,27H,12-15H2,1-4H3. The fourth-order valence-electron chi connectivity index (χ4n) is 8.82. The van der Waals surface area contributed by atoms with Crippen molar-refractivity contribution in [3.05, 3.63) is 71.9 Å². The van der Waals surface area contributed by atoms with Gasteiger partial charge in [0.1, 0.15) is 0 Å². The van der Waals surface area contributed by atoms with Crippen molar-refractivity contribution in [3.63, 3.8) is 0 Å². The lowest BCUT2D eigenvalue weighted by Crippen LogP contribution is -2.41. The molecule has 5 unspecified atom stereocenters. The van der Waals surface area contributed by atoms with Crippen molar-refractivity contribution in [3.8, 4) is 22.4 Å². The maximum Gasteiger partial charge on any atom is 0.494 e. The van der Waals surface area contributed by atoms with Crippen LogP contribution in [0.25, 0.3) is 22.4 Å². The lowest BCUT2D eigenvalue weighted by Gasteiger charge is -2.43. The van der Waals surface area contributed by atoms with Crippen LogP contribution in [0.5, 0.6) is 0 Å². The zero-order valence-corrected chi connectivity index (χ0v) is 21.8. The molecule has 1 spiro atoms. The van der Waals surface area contributed by atoms with E-state index in [4.69, 9.17) is 14.3 Å². The second-order valence-electron chi connectivity index (χ2n) is 13.1. The zero-order valence-electron chi connectivity index (χ0n) is 21.8. The van der Waals surface area contributed by atoms with Gasteiger partial charge in [-0.3, -0.25) is 4.98 Å². The molecule has 0 radical (unpaired) electrons. The zero-order chi connectivity index (χ0) is 24.4. The van der Waals surface area contributed by atoms with Gasteiger partial charge in [0.15, 0.2) is 0 Å². The van der Waals surface area contributed by atoms with Crippen molar-refractivity contribution < 1.29 is 9.31 Å². The Hall–Kier alpha value is -2.43. The number of rotatable bonds is 2. The van der Waals surface area contributed by atoms with Crippen LogP contribution in [0.15, 0.2) is 60.8 Å². The minimum Gasteiger partial charge on any atom is -0.399 e. The fraction of sp³-hybridized carbons (Fsp3) is 0.469. The van der Waals surface area contributed by atoms with Crippen LogP contribution in [-0.4, -0.2) is 23.3 Å². The molecule has 4 saturated carbocycles. The van der Waals surface area contributed by atoms with E-state index in [-0.39, 0.29) is 23.7 Å². The average Bonchev–Trinajstić information content (AvgIpc) is 3.47. The Bertz CT molecular complexity index is 1380. The Labute approximate surface area is 214 Å². The van der Waals surface area contributed by atoms with Gasteiger partial charge in [-0.15, -0.1) is 0 Å². The summed E-state index contributed by atoms with van der Waals surface area (Å²) in [6, 6.07) is 20.1. The Balaban J connectivity index is 1.32. The minimum atomic E-state index is -0.344. The Morgan fingerprint density at radius 3 is 2.31 bits per heavy atom. The summed E-state index contributed by atoms with van der Waals surface area (Å²) in [5.41, 5.74) is 8.61. The van der Waals surface area contributed by atoms with Gasteiger partial charge in [-0.05, 0) is 111 Å². The molecule has 5 fully saturated rings. The summed E-state index contributed by atoms with van der Waals surface area (Å²) >= 11 is 0. The number of nitrogens with zero attached hydrogens (tertiary/aromatic N) is 1. The molecule has 5 atom stereocenters. The van der Waals surface area contributed by atoms with E-state index in [2.05, 4.69) is 88.5 Å². The van der Waals surface area contributed by atoms with E-state index in [1.54, 1.807) is 5.56 Å². The second-order valence-corrected chi connectivity index (χ2v) is 13.1. The average molecular weight is 475 g/mol. The molecule has 3 aromatic rings. The van der Waals surface area contributed by atoms with Gasteiger partial charge in [-0.25, -0.2) is 0 Å². The van der Waals surface area contributed by atoms with E-state index >= 15 is 0 Å². The predicted octanol–water partition coefficient (Wildman–Crippen LogP) is 6.38. The lowest BCUT2D eigenvalue weighted by atomic mass is 9.59. The highest BCUT2D eigenvalue weighted by atomic mass is 16.7. The molecule has 0 amide bonds. The van der Waals surface area contributed by atoms with E-state index < -0.39 is 0 Å². The lowest BCUT2D eigenvalue weighted by molar-refractivity contribution is 0.00578. The first kappa shape index (κ1) is 21.6. The number of hydrogen-bond donors (Lipinski definition) is 0. The van der Waals surface area contributed by atoms with Crippen LogP contribution in [0.4, 0.5) is 0 Å². The fourth-order valence-corrected chi connectivity index (χ4v) is 8.82. The van der Waals surface area contributed by atoms with Gasteiger partial charge in [-0.2, -0.15) is 0 Å². The molecule has 4 heteroatoms. The molecule has 2 aromatic carbocycles. The maximum atomic E-state index is 6.47. The SMILES string of the molecule is CC1(C)OB(c2ccc3c(c2)-c2cc(-c4ccccc4)ncc2C32C3CC4CC(C3)C2C4)OC1(C)C. The van der Waals surface area contributed by atoms with E-state index in [1.807, 2.05) is 0 Å². The summed E-state index contributed by atoms with van der Waals surface area (Å²) in [4.78, 5) is 5.08. The summed E-state index contributed by atoms with van der Waals surface area (Å²) in [6.07, 6.45) is 7.85. The van der Waals surface area contributed by atoms with Gasteiger partial charge in [-0.1, -0.05) is 48.5 Å². The van der Waals surface area contributed by atoms with Gasteiger partial charge in [0.2, 0.25) is 0 Å². The monoisotopic (exact) mass is 475 g/mol. The van der Waals surface area contributed by atoms with Crippen LogP contribution in [0.2, 0.25) is 0 Å². The summed E-state index contributed by atoms with van der Waals surface area (Å²) < 4.78 is 12.9. The molecule has 1 aromatic heterocycles. The summed E-state index contributed by atoms with van der Waals surface area (Å²) in [6.45, 7) is 8.53. The van der Waals surface area contributed by atoms with Gasteiger partial charge < -0.3 is 9.31 Å². The Morgan fingerprint density at radius 2 is 1.56 bits per heavy atom. The van der Waals surface area contributed by atoms with Crippen molar-refractivity contribution in [1.82, 2.24) is 4.98 Å². The predicted molar refractivity (Wildman–Crippen MR) is 144 cm³/mol. The van der Waals surface area contributed by atoms with Crippen LogP contribution in [-0.2, 0) is 14.7 Å². The van der Waals surface area contributed by atoms with Crippen LogP contribution in [0.1, 0.15) is 64.5 Å². The van der Waals surface area contributed by atoms with Gasteiger partial charge in [0, 0.05) is 17.2 Å². The molecule has 4 bridgehead atoms. The molecule has 5 aliphatic carbocycles. The number of hydrogen-bond acceptors (Lipinski definition) is 3. The van der Waals surface area contributed by atoms with Crippen LogP contribution in [0, 0.1) is 23.7 Å². The highest BCUT2D eigenvalue weighted by Crippen LogP contribution is 2.72. The molecule has 36 heavy (non-hydrogen) atoms. The van der Waals surface area contributed by atoms with Crippen LogP contribution < -0.4 is 5.46 Å². The second kappa shape index (κ2) is 6.91. The molecule has 6 aliphatic rings. The van der Waals surface area contributed by atoms with Crippen molar-refractivity contribution in [1.29, 1.82) is 0 Å². The summed E-state index contributed by atoms with van der Waals surface area (Å²) in [7, 11) is -0.341. The number of aromatic nitrogens is 1. The van der Waals surface area contributed by atoms with Crippen LogP contribution in [0.3, 0.4) is 0 Å². The van der Waals surface area contributed by atoms with Crippen molar-refractivity contribution in [2.45, 2.75) is 70.0 Å². The maximum absolute atomic E-state index is 6.47. The van der Waals surface area contributed by atoms with E-state index in [9.17, 15) is 0 Å². The van der Waals surface area contributed by atoms with E-state index in [0.29, 0.717) is 0 Å². The van der Waals surface area contributed by atoms with E-state index in [1.165, 1.54) is 47.9 Å². The van der Waals surface area contributed by atoms with Gasteiger partial charge in [0.05, 0.1) is 16.9 Å². The third-order valence-electron chi connectivity index (χ3n) is 11.0. The molecular formula is C32H34BNO2. The smallest absolute Gasteiger partial charge is 0.399 e. The minimum absolute atomic E-state index is 0.138. The normalized spacial score (nSPS) is 33.9. The molecule has 182 valence electrons. The number of fused-ring (bicyclic) bond motifs is 3. The largest absolute Gasteiger partial charge is 0.494 e. The summed E-state index contributed by atoms with van der Waals surface area (Å²) in [5.74, 6) is 3.32. The highest BCUT2D eigenvalue weighted by molar-refractivity contribution is 6.62. The number of benzene rings is 2. The summed E-state index contributed by atoms with van der Waals surface area (Å²) in [5, 5.41) is 0. The number of pyridine rings is 1. The Kier molecular flexibility index (Phi) is 4.15. The molecule has 1 saturated heterocycles. The van der Waals surface area contributed by atoms with E-state index in [0.717, 1.165) is 34.8 Å². The first-order valence-corrected chi connectivity index (χ1v) is 13.8. The first-order valence-electron chi connectivity index (χ1n) is 13.8. The third-order valence-corrected chi connectivity index (χ3v) is 11.0. The quantitative estimate of drug-likeness (QED) is 0.403. The Morgan fingerprint density at radius 1 is 0.806 bits per heavy atom. The molecule has 1 aliphatic heterocycles. The highest BCUT2D eigenvalue weighted by Gasteiger charge is 2.66. The van der Waals surface area contributed by atoms with Crippen molar-refractivity contribution >= 4 is 12.6 Å². The third kappa shape index (κ3) is 2.60. The molecular weight excluding hydrogens is 441 g/mol. The molecule has 9 rings (SSSR count). The van der Waals surface area contributed by atoms with Crippen molar-refractivity contribution in [2.75, 3.05) is 0 Å². The van der Waals surface area contributed by atoms with Gasteiger partial charge >= 0.3 is 7.12 Å². The van der Waals surface area contributed by atoms with Crippen molar-refractivity contribution in [2.24, 2.45) is 23.7 Å². The topological polar surface area (TPSA) is 31.4 Å². The molecule has 3 nitrogen and oxygen atoms in total. The molecule has 2 heterocycles.